The first-order valence-corrected chi connectivity index (χ1v) is 14.5. The minimum atomic E-state index is -0.284. The molecule has 2 heterocycles. The lowest BCUT2D eigenvalue weighted by Gasteiger charge is -2.28. The fraction of sp³-hybridized carbons (Fsp3) is 0.533. The summed E-state index contributed by atoms with van der Waals surface area (Å²) in [5.74, 6) is -1.24. The van der Waals surface area contributed by atoms with Crippen molar-refractivity contribution < 1.29 is 38.2 Å². The zero-order valence-electron chi connectivity index (χ0n) is 23.7. The van der Waals surface area contributed by atoms with Crippen LogP contribution in [0.1, 0.15) is 44.1 Å². The van der Waals surface area contributed by atoms with Gasteiger partial charge in [0.25, 0.3) is 0 Å². The fourth-order valence-electron chi connectivity index (χ4n) is 4.86. The van der Waals surface area contributed by atoms with Gasteiger partial charge in [-0.2, -0.15) is 0 Å². The fourth-order valence-corrected chi connectivity index (χ4v) is 4.86. The number of likely N-dealkylation sites (tertiary alicyclic amines) is 2. The van der Waals surface area contributed by atoms with Crippen molar-refractivity contribution in [2.45, 2.75) is 44.9 Å². The maximum Gasteiger partial charge on any atom is 0.233 e. The SMILES string of the molecule is O=C(CCN1C(=O)CC(C2C=CC2)C1=O)NCCOCCOCCC(=O)Nc1ccc(CCC(=O)N2CCC2=O)cc1. The number of imide groups is 2. The van der Waals surface area contributed by atoms with Crippen LogP contribution in [0.5, 0.6) is 0 Å². The summed E-state index contributed by atoms with van der Waals surface area (Å²) in [6.07, 6.45) is 6.48. The highest BCUT2D eigenvalue weighted by molar-refractivity contribution is 6.04. The van der Waals surface area contributed by atoms with Crippen LogP contribution in [-0.2, 0) is 44.7 Å². The van der Waals surface area contributed by atoms with E-state index < -0.39 is 0 Å². The van der Waals surface area contributed by atoms with E-state index in [1.54, 1.807) is 12.1 Å². The maximum atomic E-state index is 12.4. The van der Waals surface area contributed by atoms with Crippen LogP contribution >= 0.6 is 0 Å². The molecule has 0 aromatic heterocycles. The Morgan fingerprint density at radius 2 is 1.62 bits per heavy atom. The van der Waals surface area contributed by atoms with Crippen LogP contribution in [0.4, 0.5) is 5.69 Å². The number of nitrogens with one attached hydrogen (secondary N) is 2. The van der Waals surface area contributed by atoms with E-state index in [9.17, 15) is 28.8 Å². The second-order valence-corrected chi connectivity index (χ2v) is 10.5. The van der Waals surface area contributed by atoms with Crippen LogP contribution < -0.4 is 10.6 Å². The van der Waals surface area contributed by atoms with E-state index >= 15 is 0 Å². The molecule has 4 rings (SSSR count). The van der Waals surface area contributed by atoms with Crippen LogP contribution in [0, 0.1) is 11.8 Å². The number of rotatable bonds is 17. The number of nitrogens with zero attached hydrogens (tertiary/aromatic N) is 2. The maximum absolute atomic E-state index is 12.4. The quantitative estimate of drug-likeness (QED) is 0.120. The molecular weight excluding hydrogens is 544 g/mol. The van der Waals surface area contributed by atoms with E-state index in [4.69, 9.17) is 9.47 Å². The number of hydrogen-bond donors (Lipinski definition) is 2. The summed E-state index contributed by atoms with van der Waals surface area (Å²) in [4.78, 5) is 74.6. The first-order valence-electron chi connectivity index (χ1n) is 14.5. The number of ether oxygens (including phenoxy) is 2. The smallest absolute Gasteiger partial charge is 0.233 e. The summed E-state index contributed by atoms with van der Waals surface area (Å²) in [6.45, 7) is 2.02. The van der Waals surface area contributed by atoms with Crippen molar-refractivity contribution in [1.29, 1.82) is 0 Å². The molecule has 0 bridgehead atoms. The molecule has 3 aliphatic rings. The highest BCUT2D eigenvalue weighted by atomic mass is 16.5. The molecule has 2 unspecified atom stereocenters. The average molecular weight is 583 g/mol. The summed E-state index contributed by atoms with van der Waals surface area (Å²) < 4.78 is 10.9. The van der Waals surface area contributed by atoms with Crippen LogP contribution in [0.25, 0.3) is 0 Å². The normalized spacial score (nSPS) is 19.5. The van der Waals surface area contributed by atoms with Crippen LogP contribution in [0.3, 0.4) is 0 Å². The minimum absolute atomic E-state index is 0.0586. The predicted molar refractivity (Wildman–Crippen MR) is 151 cm³/mol. The van der Waals surface area contributed by atoms with Crippen LogP contribution in [0.15, 0.2) is 36.4 Å². The molecule has 2 aliphatic heterocycles. The Bertz CT molecular complexity index is 1200. The Morgan fingerprint density at radius 1 is 0.881 bits per heavy atom. The Balaban J connectivity index is 0.965. The molecule has 0 spiro atoms. The summed E-state index contributed by atoms with van der Waals surface area (Å²) in [5, 5.41) is 5.51. The lowest BCUT2D eigenvalue weighted by atomic mass is 9.82. The van der Waals surface area contributed by atoms with Gasteiger partial charge in [0.05, 0.1) is 38.8 Å². The van der Waals surface area contributed by atoms with E-state index in [1.807, 2.05) is 24.3 Å². The van der Waals surface area contributed by atoms with Crippen molar-refractivity contribution in [2.75, 3.05) is 51.4 Å². The highest BCUT2D eigenvalue weighted by Gasteiger charge is 2.42. The van der Waals surface area contributed by atoms with Gasteiger partial charge in [-0.3, -0.25) is 38.6 Å². The molecule has 1 aromatic rings. The van der Waals surface area contributed by atoms with E-state index in [1.165, 1.54) is 9.80 Å². The number of benzene rings is 1. The molecule has 1 aliphatic carbocycles. The van der Waals surface area contributed by atoms with Gasteiger partial charge >= 0.3 is 0 Å². The molecule has 12 nitrogen and oxygen atoms in total. The van der Waals surface area contributed by atoms with E-state index in [2.05, 4.69) is 10.6 Å². The van der Waals surface area contributed by atoms with Gasteiger partial charge in [0.2, 0.25) is 35.4 Å². The second-order valence-electron chi connectivity index (χ2n) is 10.5. The molecule has 2 atom stereocenters. The number of amides is 6. The number of carbonyl (C=O) groups excluding carboxylic acids is 6. The molecule has 12 heteroatoms. The number of β-lactam (4-membered cyclic amide) rings is 1. The first-order chi connectivity index (χ1) is 20.3. The predicted octanol–water partition coefficient (Wildman–Crippen LogP) is 1.20. The Kier molecular flexibility index (Phi) is 11.4. The first kappa shape index (κ1) is 31.0. The van der Waals surface area contributed by atoms with Crippen LogP contribution in [0.2, 0.25) is 0 Å². The summed E-state index contributed by atoms with van der Waals surface area (Å²) in [7, 11) is 0. The zero-order valence-corrected chi connectivity index (χ0v) is 23.7. The van der Waals surface area contributed by atoms with Crippen molar-refractivity contribution in [3.05, 3.63) is 42.0 Å². The summed E-state index contributed by atoms with van der Waals surface area (Å²) in [5.41, 5.74) is 1.59. The van der Waals surface area contributed by atoms with Crippen molar-refractivity contribution in [3.63, 3.8) is 0 Å². The zero-order chi connectivity index (χ0) is 29.9. The monoisotopic (exact) mass is 582 g/mol. The Hall–Kier alpha value is -3.90. The molecule has 42 heavy (non-hydrogen) atoms. The van der Waals surface area contributed by atoms with Gasteiger partial charge in [0.1, 0.15) is 0 Å². The lowest BCUT2D eigenvalue weighted by Crippen LogP contribution is -2.47. The summed E-state index contributed by atoms with van der Waals surface area (Å²) >= 11 is 0. The molecule has 6 amide bonds. The third kappa shape index (κ3) is 8.80. The van der Waals surface area contributed by atoms with Gasteiger partial charge in [0.15, 0.2) is 0 Å². The van der Waals surface area contributed by atoms with Gasteiger partial charge < -0.3 is 20.1 Å². The van der Waals surface area contributed by atoms with Gasteiger partial charge in [-0.05, 0) is 36.5 Å². The Morgan fingerprint density at radius 3 is 2.26 bits per heavy atom. The molecule has 1 aromatic carbocycles. The third-order valence-corrected chi connectivity index (χ3v) is 7.58. The third-order valence-electron chi connectivity index (χ3n) is 7.58. The number of allylic oxidation sites excluding steroid dienone is 2. The topological polar surface area (TPSA) is 151 Å². The number of hydrogen-bond acceptors (Lipinski definition) is 8. The van der Waals surface area contributed by atoms with E-state index in [-0.39, 0.29) is 92.7 Å². The van der Waals surface area contributed by atoms with Gasteiger partial charge in [-0.1, -0.05) is 24.3 Å². The number of carbonyl (C=O) groups is 6. The van der Waals surface area contributed by atoms with Crippen molar-refractivity contribution >= 4 is 41.1 Å². The van der Waals surface area contributed by atoms with E-state index in [0.717, 1.165) is 12.0 Å². The van der Waals surface area contributed by atoms with Gasteiger partial charge in [0, 0.05) is 51.0 Å². The number of anilines is 1. The molecule has 0 radical (unpaired) electrons. The van der Waals surface area contributed by atoms with Crippen molar-refractivity contribution in [1.82, 2.24) is 15.1 Å². The molecular formula is C30H38N4O8. The van der Waals surface area contributed by atoms with E-state index in [0.29, 0.717) is 44.8 Å². The molecule has 0 saturated carbocycles. The molecule has 2 fully saturated rings. The standard InChI is InChI=1S/C30H38N4O8/c35-25(10-14-34-29(39)20-24(30(34)40)22-2-1-3-22)31-13-17-42-19-18-41-16-12-26(36)32-23-7-4-21(5-8-23)6-9-27(37)33-15-11-28(33)38/h1-2,4-5,7-8,22,24H,3,6,9-20H2,(H,31,35)(H,32,36). The van der Waals surface area contributed by atoms with Crippen molar-refractivity contribution in [3.8, 4) is 0 Å². The van der Waals surface area contributed by atoms with Gasteiger partial charge in [-0.15, -0.1) is 0 Å². The largest absolute Gasteiger partial charge is 0.379 e. The van der Waals surface area contributed by atoms with Gasteiger partial charge in [-0.25, -0.2) is 0 Å². The highest BCUT2D eigenvalue weighted by Crippen LogP contribution is 2.34. The molecule has 2 N–H and O–H groups in total. The Labute approximate surface area is 244 Å². The molecule has 226 valence electrons. The minimum Gasteiger partial charge on any atom is -0.379 e. The average Bonchev–Trinajstić information content (AvgIpc) is 3.20. The van der Waals surface area contributed by atoms with Crippen LogP contribution in [-0.4, -0.2) is 91.3 Å². The summed E-state index contributed by atoms with van der Waals surface area (Å²) in [6, 6.07) is 7.23. The molecule has 2 saturated heterocycles. The number of aryl methyl sites for hydroxylation is 1. The second kappa shape index (κ2) is 15.4. The lowest BCUT2D eigenvalue weighted by molar-refractivity contribution is -0.152. The van der Waals surface area contributed by atoms with Crippen molar-refractivity contribution in [2.24, 2.45) is 11.8 Å².